The van der Waals surface area contributed by atoms with Gasteiger partial charge in [-0.05, 0) is 44.0 Å². The molecule has 0 aliphatic heterocycles. The van der Waals surface area contributed by atoms with E-state index < -0.39 is 0 Å². The van der Waals surface area contributed by atoms with Gasteiger partial charge in [-0.15, -0.1) is 34.0 Å². The highest BCUT2D eigenvalue weighted by molar-refractivity contribution is 9.11. The van der Waals surface area contributed by atoms with Crippen LogP contribution in [0.3, 0.4) is 0 Å². The van der Waals surface area contributed by atoms with Crippen molar-refractivity contribution in [2.45, 2.75) is 0 Å². The molecule has 0 aromatic carbocycles. The zero-order chi connectivity index (χ0) is 9.00. The first-order valence-corrected chi connectivity index (χ1v) is 7.54. The number of halogens is 2. The highest BCUT2D eigenvalue weighted by Crippen LogP contribution is 2.45. The van der Waals surface area contributed by atoms with Crippen molar-refractivity contribution in [3.8, 4) is 0 Å². The molecular formula is C8H2Br2S3. The molecule has 66 valence electrons. The van der Waals surface area contributed by atoms with Crippen molar-refractivity contribution in [1.82, 2.24) is 0 Å². The van der Waals surface area contributed by atoms with Crippen LogP contribution >= 0.6 is 65.9 Å². The van der Waals surface area contributed by atoms with E-state index in [1.165, 1.54) is 26.4 Å². The minimum Gasteiger partial charge on any atom is -0.117 e. The average molecular weight is 354 g/mol. The topological polar surface area (TPSA) is 0 Å². The van der Waals surface area contributed by atoms with E-state index in [1.54, 1.807) is 0 Å². The lowest BCUT2D eigenvalue weighted by Gasteiger charge is -1.74. The number of fused-ring (bicyclic) bond motifs is 3. The van der Waals surface area contributed by atoms with Gasteiger partial charge in [0.2, 0.25) is 0 Å². The number of rotatable bonds is 0. The summed E-state index contributed by atoms with van der Waals surface area (Å²) in [5, 5.41) is 2.78. The normalized spacial score (nSPS) is 11.8. The molecule has 13 heavy (non-hydrogen) atoms. The third-order valence-electron chi connectivity index (χ3n) is 1.81. The summed E-state index contributed by atoms with van der Waals surface area (Å²) in [6, 6.07) is 4.41. The summed E-state index contributed by atoms with van der Waals surface area (Å²) in [5.41, 5.74) is 0. The smallest absolute Gasteiger partial charge is 0.0898 e. The van der Waals surface area contributed by atoms with Gasteiger partial charge in [0.25, 0.3) is 0 Å². The van der Waals surface area contributed by atoms with Crippen LogP contribution in [0.25, 0.3) is 18.8 Å². The maximum atomic E-state index is 3.51. The van der Waals surface area contributed by atoms with Gasteiger partial charge in [-0.25, -0.2) is 0 Å². The maximum Gasteiger partial charge on any atom is 0.0898 e. The van der Waals surface area contributed by atoms with Gasteiger partial charge < -0.3 is 0 Å². The van der Waals surface area contributed by atoms with Crippen LogP contribution in [0.1, 0.15) is 0 Å². The molecule has 0 atom stereocenters. The Balaban J connectivity index is 2.56. The molecule has 0 radical (unpaired) electrons. The average Bonchev–Trinajstić information content (AvgIpc) is 2.60. The molecule has 0 saturated heterocycles. The molecule has 3 heterocycles. The van der Waals surface area contributed by atoms with Gasteiger partial charge in [0, 0.05) is 10.8 Å². The molecule has 0 aliphatic carbocycles. The fourth-order valence-corrected chi connectivity index (χ4v) is 6.90. The fraction of sp³-hybridized carbons (Fsp3) is 0. The molecule has 0 unspecified atom stereocenters. The Bertz CT molecular complexity index is 536. The first-order valence-electron chi connectivity index (χ1n) is 3.51. The first kappa shape index (κ1) is 8.85. The number of hydrogen-bond donors (Lipinski definition) is 0. The Kier molecular flexibility index (Phi) is 2.07. The molecule has 0 fully saturated rings. The van der Waals surface area contributed by atoms with Crippen molar-refractivity contribution < 1.29 is 0 Å². The molecule has 0 nitrogen and oxygen atoms in total. The second-order valence-electron chi connectivity index (χ2n) is 2.61. The molecule has 0 saturated carbocycles. The molecule has 0 bridgehead atoms. The van der Waals surface area contributed by atoms with Gasteiger partial charge in [-0.3, -0.25) is 0 Å². The van der Waals surface area contributed by atoms with Crippen molar-refractivity contribution in [2.75, 3.05) is 0 Å². The zero-order valence-electron chi connectivity index (χ0n) is 6.14. The summed E-state index contributed by atoms with van der Waals surface area (Å²) < 4.78 is 5.28. The van der Waals surface area contributed by atoms with Crippen molar-refractivity contribution in [3.05, 3.63) is 19.7 Å². The van der Waals surface area contributed by atoms with E-state index in [0.29, 0.717) is 0 Å². The van der Waals surface area contributed by atoms with E-state index in [-0.39, 0.29) is 0 Å². The van der Waals surface area contributed by atoms with Crippen molar-refractivity contribution in [3.63, 3.8) is 0 Å². The molecule has 3 rings (SSSR count). The van der Waals surface area contributed by atoms with E-state index in [4.69, 9.17) is 0 Å². The van der Waals surface area contributed by atoms with E-state index in [9.17, 15) is 0 Å². The van der Waals surface area contributed by atoms with Crippen LogP contribution in [0.4, 0.5) is 0 Å². The molecule has 0 spiro atoms. The van der Waals surface area contributed by atoms with E-state index in [1.807, 2.05) is 34.0 Å². The molecule has 0 amide bonds. The second kappa shape index (κ2) is 3.03. The molecular weight excluding hydrogens is 352 g/mol. The Morgan fingerprint density at radius 2 is 1.23 bits per heavy atom. The van der Waals surface area contributed by atoms with Crippen LogP contribution in [-0.2, 0) is 0 Å². The van der Waals surface area contributed by atoms with E-state index in [0.717, 1.165) is 0 Å². The summed E-state index contributed by atoms with van der Waals surface area (Å²) in [6.07, 6.45) is 0. The quantitative estimate of drug-likeness (QED) is 0.486. The largest absolute Gasteiger partial charge is 0.117 e. The predicted molar refractivity (Wildman–Crippen MR) is 70.5 cm³/mol. The lowest BCUT2D eigenvalue weighted by molar-refractivity contribution is 2.05. The zero-order valence-corrected chi connectivity index (χ0v) is 11.8. The Morgan fingerprint density at radius 3 is 1.69 bits per heavy atom. The van der Waals surface area contributed by atoms with Crippen molar-refractivity contribution in [2.24, 2.45) is 0 Å². The monoisotopic (exact) mass is 352 g/mol. The molecule has 0 N–H and O–H groups in total. The van der Waals surface area contributed by atoms with Crippen molar-refractivity contribution >= 4 is 84.7 Å². The fourth-order valence-electron chi connectivity index (χ4n) is 1.30. The maximum absolute atomic E-state index is 3.51. The van der Waals surface area contributed by atoms with Crippen LogP contribution in [0.15, 0.2) is 19.7 Å². The van der Waals surface area contributed by atoms with Gasteiger partial charge in [0.1, 0.15) is 0 Å². The van der Waals surface area contributed by atoms with Gasteiger partial charge >= 0.3 is 0 Å². The van der Waals surface area contributed by atoms with Crippen LogP contribution in [0.2, 0.25) is 0 Å². The standard InChI is InChI=1S/C8H2Br2S3/c9-5-1-3-4-2-6(10)12-8(4)13-7(3)11-5/h1-2H. The Hall–Kier alpha value is 0.580. The lowest BCUT2D eigenvalue weighted by atomic mass is 10.3. The Labute approximate surface area is 103 Å². The van der Waals surface area contributed by atoms with Gasteiger partial charge in [0.05, 0.1) is 15.6 Å². The second-order valence-corrected chi connectivity index (χ2v) is 9.01. The van der Waals surface area contributed by atoms with Gasteiger partial charge in [-0.2, -0.15) is 0 Å². The van der Waals surface area contributed by atoms with Crippen LogP contribution in [0, 0.1) is 0 Å². The highest BCUT2D eigenvalue weighted by atomic mass is 79.9. The van der Waals surface area contributed by atoms with E-state index >= 15 is 0 Å². The van der Waals surface area contributed by atoms with Crippen LogP contribution in [-0.4, -0.2) is 0 Å². The molecule has 3 aromatic rings. The van der Waals surface area contributed by atoms with Crippen LogP contribution < -0.4 is 0 Å². The lowest BCUT2D eigenvalue weighted by Crippen LogP contribution is -1.49. The van der Waals surface area contributed by atoms with E-state index in [2.05, 4.69) is 44.0 Å². The SMILES string of the molecule is Brc1cc2c(s1)sc1sc(Br)cc12. The molecule has 3 aromatic heterocycles. The van der Waals surface area contributed by atoms with Gasteiger partial charge in [-0.1, -0.05) is 0 Å². The third-order valence-corrected chi connectivity index (χ3v) is 6.49. The Morgan fingerprint density at radius 1 is 0.769 bits per heavy atom. The summed E-state index contributed by atoms with van der Waals surface area (Å²) in [4.78, 5) is 0. The summed E-state index contributed by atoms with van der Waals surface area (Å²) in [7, 11) is 0. The van der Waals surface area contributed by atoms with Crippen LogP contribution in [0.5, 0.6) is 0 Å². The first-order chi connectivity index (χ1) is 6.24. The summed E-state index contributed by atoms with van der Waals surface area (Å²) >= 11 is 12.5. The third kappa shape index (κ3) is 1.33. The summed E-state index contributed by atoms with van der Waals surface area (Å²) in [6.45, 7) is 0. The molecule has 0 aliphatic rings. The van der Waals surface area contributed by atoms with Crippen molar-refractivity contribution in [1.29, 1.82) is 0 Å². The predicted octanol–water partition coefficient (Wildman–Crippen LogP) is 5.70. The number of hydrogen-bond acceptors (Lipinski definition) is 3. The summed E-state index contributed by atoms with van der Waals surface area (Å²) in [5.74, 6) is 0. The molecule has 5 heteroatoms. The highest BCUT2D eigenvalue weighted by Gasteiger charge is 2.10. The number of thiophene rings is 3. The minimum absolute atomic E-state index is 1.22. The minimum atomic E-state index is 1.22. The van der Waals surface area contributed by atoms with Gasteiger partial charge in [0.15, 0.2) is 0 Å².